The van der Waals surface area contributed by atoms with Gasteiger partial charge in [-0.15, -0.1) is 0 Å². The standard InChI is InChI=1S/C26H26Cl2N2O2S/c1-26(2)13-22-24(23(31)14-26)33-25(29-22)30-8-9-32-15-19(30)11-16-4-3-5-17(10-16)20-12-18(27)6-7-21(20)28/h3-7,10,12,19H,8-9,11,13-15H2,1-2H3/t19-/m0/s1. The number of aromatic nitrogens is 1. The van der Waals surface area contributed by atoms with E-state index >= 15 is 0 Å². The predicted molar refractivity (Wildman–Crippen MR) is 136 cm³/mol. The van der Waals surface area contributed by atoms with Gasteiger partial charge in [-0.1, -0.05) is 72.7 Å². The Kier molecular flexibility index (Phi) is 6.25. The minimum Gasteiger partial charge on any atom is -0.377 e. The molecule has 2 aromatic carbocycles. The van der Waals surface area contributed by atoms with E-state index < -0.39 is 0 Å². The van der Waals surface area contributed by atoms with Crippen LogP contribution in [0, 0.1) is 5.41 Å². The van der Waals surface area contributed by atoms with Gasteiger partial charge in [0.15, 0.2) is 10.9 Å². The highest BCUT2D eigenvalue weighted by atomic mass is 35.5. The lowest BCUT2D eigenvalue weighted by atomic mass is 9.78. The number of ether oxygens (including phenoxy) is 1. The number of halogens is 2. The van der Waals surface area contributed by atoms with Gasteiger partial charge >= 0.3 is 0 Å². The maximum absolute atomic E-state index is 12.7. The van der Waals surface area contributed by atoms with Crippen LogP contribution in [-0.4, -0.2) is 36.6 Å². The highest BCUT2D eigenvalue weighted by Gasteiger charge is 2.36. The number of fused-ring (bicyclic) bond motifs is 1. The fraction of sp³-hybridized carbons (Fsp3) is 0.385. The SMILES string of the molecule is CC1(C)CC(=O)c2sc(N3CCOC[C@@H]3Cc3cccc(-c4cc(Cl)ccc4Cl)c3)nc2C1. The molecule has 0 saturated carbocycles. The largest absolute Gasteiger partial charge is 0.377 e. The first kappa shape index (κ1) is 22.9. The van der Waals surface area contributed by atoms with Crippen molar-refractivity contribution in [2.75, 3.05) is 24.7 Å². The van der Waals surface area contributed by atoms with E-state index in [1.165, 1.54) is 5.56 Å². The molecule has 7 heteroatoms. The van der Waals surface area contributed by atoms with Crippen molar-refractivity contribution in [1.82, 2.24) is 4.98 Å². The Morgan fingerprint density at radius 3 is 2.88 bits per heavy atom. The van der Waals surface area contributed by atoms with Gasteiger partial charge in [-0.3, -0.25) is 4.79 Å². The van der Waals surface area contributed by atoms with Crippen LogP contribution in [0.4, 0.5) is 5.13 Å². The first-order valence-electron chi connectivity index (χ1n) is 11.2. The van der Waals surface area contributed by atoms with Crippen LogP contribution in [0.15, 0.2) is 42.5 Å². The van der Waals surface area contributed by atoms with Crippen molar-refractivity contribution in [3.05, 3.63) is 68.6 Å². The van der Waals surface area contributed by atoms with Crippen LogP contribution in [-0.2, 0) is 17.6 Å². The highest BCUT2D eigenvalue weighted by Crippen LogP contribution is 2.40. The van der Waals surface area contributed by atoms with Gasteiger partial charge in [0.05, 0.1) is 29.8 Å². The minimum atomic E-state index is -0.0259. The number of anilines is 1. The molecule has 1 atom stereocenters. The molecule has 1 aliphatic carbocycles. The van der Waals surface area contributed by atoms with Gasteiger partial charge in [-0.2, -0.15) is 0 Å². The first-order valence-corrected chi connectivity index (χ1v) is 12.8. The lowest BCUT2D eigenvalue weighted by molar-refractivity contribution is 0.0915. The molecular weight excluding hydrogens is 475 g/mol. The summed E-state index contributed by atoms with van der Waals surface area (Å²) in [5.41, 5.74) is 4.10. The molecule has 0 amide bonds. The van der Waals surface area contributed by atoms with E-state index in [0.717, 1.165) is 46.2 Å². The normalized spacial score (nSPS) is 20.1. The maximum atomic E-state index is 12.7. The molecule has 0 unspecified atom stereocenters. The summed E-state index contributed by atoms with van der Waals surface area (Å²) in [4.78, 5) is 20.8. The number of Topliss-reactive ketones (excluding diaryl/α,β-unsaturated/α-hetero) is 1. The van der Waals surface area contributed by atoms with E-state index in [-0.39, 0.29) is 17.2 Å². The number of hydrogen-bond donors (Lipinski definition) is 0. The molecule has 172 valence electrons. The molecule has 1 aliphatic heterocycles. The summed E-state index contributed by atoms with van der Waals surface area (Å²) in [5.74, 6) is 0.223. The van der Waals surface area contributed by atoms with E-state index in [1.54, 1.807) is 17.4 Å². The zero-order valence-electron chi connectivity index (χ0n) is 18.7. The fourth-order valence-electron chi connectivity index (χ4n) is 4.76. The lowest BCUT2D eigenvalue weighted by Crippen LogP contribution is -2.46. The number of thiazole rings is 1. The van der Waals surface area contributed by atoms with Crippen molar-refractivity contribution < 1.29 is 9.53 Å². The third-order valence-corrected chi connectivity index (χ3v) is 8.08. The van der Waals surface area contributed by atoms with Crippen molar-refractivity contribution in [3.63, 3.8) is 0 Å². The number of benzene rings is 2. The highest BCUT2D eigenvalue weighted by molar-refractivity contribution is 7.17. The van der Waals surface area contributed by atoms with E-state index in [9.17, 15) is 4.79 Å². The minimum absolute atomic E-state index is 0.0259. The van der Waals surface area contributed by atoms with Crippen LogP contribution in [0.3, 0.4) is 0 Å². The Bertz CT molecular complexity index is 1210. The number of morpholine rings is 1. The predicted octanol–water partition coefficient (Wildman–Crippen LogP) is 6.72. The monoisotopic (exact) mass is 500 g/mol. The summed E-state index contributed by atoms with van der Waals surface area (Å²) >= 11 is 14.2. The zero-order valence-corrected chi connectivity index (χ0v) is 21.1. The third kappa shape index (κ3) is 4.83. The van der Waals surface area contributed by atoms with Crippen molar-refractivity contribution in [2.24, 2.45) is 5.41 Å². The van der Waals surface area contributed by atoms with Gasteiger partial charge < -0.3 is 9.64 Å². The summed E-state index contributed by atoms with van der Waals surface area (Å²) in [7, 11) is 0. The second kappa shape index (κ2) is 9.03. The van der Waals surface area contributed by atoms with Crippen LogP contribution in [0.25, 0.3) is 11.1 Å². The van der Waals surface area contributed by atoms with Gasteiger partial charge in [-0.25, -0.2) is 4.98 Å². The number of carbonyl (C=O) groups is 1. The Hall–Kier alpha value is -1.92. The second-order valence-electron chi connectivity index (χ2n) is 9.66. The van der Waals surface area contributed by atoms with Gasteiger partial charge in [0.2, 0.25) is 0 Å². The van der Waals surface area contributed by atoms with Gasteiger partial charge in [-0.05, 0) is 47.6 Å². The summed E-state index contributed by atoms with van der Waals surface area (Å²) in [6.07, 6.45) is 2.25. The van der Waals surface area contributed by atoms with Crippen LogP contribution >= 0.6 is 34.5 Å². The Morgan fingerprint density at radius 1 is 1.18 bits per heavy atom. The average molecular weight is 501 g/mol. The van der Waals surface area contributed by atoms with Crippen LogP contribution in [0.5, 0.6) is 0 Å². The third-order valence-electron chi connectivity index (χ3n) is 6.34. The molecule has 1 saturated heterocycles. The molecule has 33 heavy (non-hydrogen) atoms. The van der Waals surface area contributed by atoms with Crippen molar-refractivity contribution in [1.29, 1.82) is 0 Å². The first-order chi connectivity index (χ1) is 15.8. The molecule has 5 rings (SSSR count). The number of ketones is 1. The Morgan fingerprint density at radius 2 is 2.03 bits per heavy atom. The maximum Gasteiger partial charge on any atom is 0.186 e. The van der Waals surface area contributed by atoms with Crippen LogP contribution < -0.4 is 4.90 Å². The Labute approximate surface area is 208 Å². The topological polar surface area (TPSA) is 42.4 Å². The lowest BCUT2D eigenvalue weighted by Gasteiger charge is -2.35. The quantitative estimate of drug-likeness (QED) is 0.398. The van der Waals surface area contributed by atoms with Crippen LogP contribution in [0.1, 0.15) is 41.2 Å². The summed E-state index contributed by atoms with van der Waals surface area (Å²) in [6, 6.07) is 14.1. The molecule has 2 aliphatic rings. The zero-order chi connectivity index (χ0) is 23.2. The molecule has 0 spiro atoms. The van der Waals surface area contributed by atoms with E-state index in [0.29, 0.717) is 29.7 Å². The second-order valence-corrected chi connectivity index (χ2v) is 11.5. The molecule has 3 aromatic rings. The Balaban J connectivity index is 1.41. The van der Waals surface area contributed by atoms with Gasteiger partial charge in [0, 0.05) is 28.6 Å². The van der Waals surface area contributed by atoms with Gasteiger partial charge in [0.25, 0.3) is 0 Å². The van der Waals surface area contributed by atoms with E-state index in [1.807, 2.05) is 12.1 Å². The summed E-state index contributed by atoms with van der Waals surface area (Å²) in [5, 5.41) is 2.28. The number of nitrogens with zero attached hydrogens (tertiary/aromatic N) is 2. The molecular formula is C26H26Cl2N2O2S. The van der Waals surface area contributed by atoms with Gasteiger partial charge in [0.1, 0.15) is 0 Å². The number of hydrogen-bond acceptors (Lipinski definition) is 5. The molecule has 0 N–H and O–H groups in total. The molecule has 0 bridgehead atoms. The fourth-order valence-corrected chi connectivity index (χ4v) is 6.28. The molecule has 2 heterocycles. The molecule has 1 fully saturated rings. The summed E-state index contributed by atoms with van der Waals surface area (Å²) < 4.78 is 5.84. The smallest absolute Gasteiger partial charge is 0.186 e. The van der Waals surface area contributed by atoms with Crippen LogP contribution in [0.2, 0.25) is 10.0 Å². The van der Waals surface area contributed by atoms with E-state index in [2.05, 4.69) is 43.0 Å². The van der Waals surface area contributed by atoms with Crippen molar-refractivity contribution in [2.45, 2.75) is 39.2 Å². The molecule has 4 nitrogen and oxygen atoms in total. The van der Waals surface area contributed by atoms with Crippen molar-refractivity contribution in [3.8, 4) is 11.1 Å². The van der Waals surface area contributed by atoms with E-state index in [4.69, 9.17) is 32.9 Å². The number of rotatable bonds is 4. The molecule has 1 aromatic heterocycles. The van der Waals surface area contributed by atoms with Crippen molar-refractivity contribution >= 4 is 45.5 Å². The summed E-state index contributed by atoms with van der Waals surface area (Å²) in [6.45, 7) is 6.35. The average Bonchev–Trinajstić information content (AvgIpc) is 3.19. The molecule has 0 radical (unpaired) electrons. The number of carbonyl (C=O) groups excluding carboxylic acids is 1.